The van der Waals surface area contributed by atoms with Gasteiger partial charge >= 0.3 is 6.03 Å². The van der Waals surface area contributed by atoms with Crippen molar-refractivity contribution in [3.8, 4) is 10.9 Å². The Balaban J connectivity index is 1.12. The summed E-state index contributed by atoms with van der Waals surface area (Å²) in [6.07, 6.45) is 7.74. The summed E-state index contributed by atoms with van der Waals surface area (Å²) in [5, 5.41) is 0.449. The fourth-order valence-electron chi connectivity index (χ4n) is 5.24. The number of piperidine rings is 1. The fourth-order valence-corrected chi connectivity index (χ4v) is 6.09. The maximum Gasteiger partial charge on any atom is 0.315 e. The first-order chi connectivity index (χ1) is 15.1. The molecule has 2 fully saturated rings. The molecule has 1 aromatic heterocycles. The first-order valence-corrected chi connectivity index (χ1v) is 11.8. The van der Waals surface area contributed by atoms with E-state index in [1.807, 2.05) is 23.1 Å². The van der Waals surface area contributed by atoms with Crippen LogP contribution < -0.4 is 10.5 Å². The molecule has 31 heavy (non-hydrogen) atoms. The van der Waals surface area contributed by atoms with Crippen LogP contribution in [0.4, 0.5) is 9.18 Å². The number of aromatic nitrogens is 1. The van der Waals surface area contributed by atoms with Crippen LogP contribution in [0.5, 0.6) is 10.9 Å². The number of para-hydroxylation sites is 1. The third kappa shape index (κ3) is 4.24. The zero-order chi connectivity index (χ0) is 21.4. The summed E-state index contributed by atoms with van der Waals surface area (Å²) in [5.74, 6) is 1.07. The van der Waals surface area contributed by atoms with Crippen molar-refractivity contribution in [2.75, 3.05) is 0 Å². The van der Waals surface area contributed by atoms with Gasteiger partial charge in [0.15, 0.2) is 0 Å². The molecule has 162 valence electrons. The number of rotatable bonds is 6. The monoisotopic (exact) mass is 439 g/mol. The molecular weight excluding hydrogens is 413 g/mol. The summed E-state index contributed by atoms with van der Waals surface area (Å²) in [4.78, 5) is 17.8. The van der Waals surface area contributed by atoms with Crippen LogP contribution in [-0.2, 0) is 6.42 Å². The Labute approximate surface area is 185 Å². The number of carbonyl (C=O) groups excluding carboxylic acids is 1. The largest absolute Gasteiger partial charge is 0.431 e. The Kier molecular flexibility index (Phi) is 5.52. The van der Waals surface area contributed by atoms with Gasteiger partial charge in [0, 0.05) is 12.1 Å². The number of benzene rings is 2. The standard InChI is InChI=1S/C24H26FN3O2S/c25-20-5-2-6-21-22(20)27-24(31-21)30-19-11-7-15(8-12-19)3-1-4-16-13-17-9-10-18(14-16)28(17)23(26)29/h2,5-8,11-12,16-18H,1,3-4,9-10,13-14H2,(H2,26,29)/t16?,17-,18+. The summed E-state index contributed by atoms with van der Waals surface area (Å²) in [6, 6.07) is 13.5. The first-order valence-electron chi connectivity index (χ1n) is 11.0. The van der Waals surface area contributed by atoms with Crippen molar-refractivity contribution in [1.29, 1.82) is 0 Å². The second-order valence-electron chi connectivity index (χ2n) is 8.67. The van der Waals surface area contributed by atoms with Crippen LogP contribution in [0.25, 0.3) is 10.2 Å². The van der Waals surface area contributed by atoms with Crippen LogP contribution in [-0.4, -0.2) is 28.0 Å². The van der Waals surface area contributed by atoms with Crippen molar-refractivity contribution >= 4 is 27.6 Å². The molecule has 5 nitrogen and oxygen atoms in total. The van der Waals surface area contributed by atoms with Gasteiger partial charge in [0.2, 0.25) is 0 Å². The van der Waals surface area contributed by atoms with E-state index in [2.05, 4.69) is 17.1 Å². The van der Waals surface area contributed by atoms with Crippen molar-refractivity contribution in [3.05, 3.63) is 53.8 Å². The third-order valence-corrected chi connectivity index (χ3v) is 7.54. The molecule has 2 aliphatic heterocycles. The van der Waals surface area contributed by atoms with Crippen LogP contribution in [0.15, 0.2) is 42.5 Å². The number of carbonyl (C=O) groups is 1. The predicted octanol–water partition coefficient (Wildman–Crippen LogP) is 5.87. The minimum absolute atomic E-state index is 0.246. The zero-order valence-corrected chi connectivity index (χ0v) is 18.1. The van der Waals surface area contributed by atoms with Crippen LogP contribution >= 0.6 is 11.3 Å². The lowest BCUT2D eigenvalue weighted by molar-refractivity contribution is 0.124. The van der Waals surface area contributed by atoms with Gasteiger partial charge < -0.3 is 15.4 Å². The lowest BCUT2D eigenvalue weighted by Crippen LogP contribution is -2.49. The molecule has 0 spiro atoms. The van der Waals surface area contributed by atoms with Crippen LogP contribution in [0.2, 0.25) is 0 Å². The number of hydrogen-bond donors (Lipinski definition) is 1. The first kappa shape index (κ1) is 20.2. The number of halogens is 1. The molecule has 5 rings (SSSR count). The highest BCUT2D eigenvalue weighted by molar-refractivity contribution is 7.20. The average Bonchev–Trinajstić information content (AvgIpc) is 3.28. The molecule has 2 N–H and O–H groups in total. The Morgan fingerprint density at radius 2 is 1.90 bits per heavy atom. The van der Waals surface area contributed by atoms with Gasteiger partial charge in [-0.2, -0.15) is 4.98 Å². The van der Waals surface area contributed by atoms with Gasteiger partial charge in [-0.25, -0.2) is 9.18 Å². The number of hydrogen-bond acceptors (Lipinski definition) is 4. The van der Waals surface area contributed by atoms with Gasteiger partial charge in [0.1, 0.15) is 17.1 Å². The number of amides is 2. The number of thiazole rings is 1. The summed E-state index contributed by atoms with van der Waals surface area (Å²) in [7, 11) is 0. The van der Waals surface area contributed by atoms with Gasteiger partial charge in [0.25, 0.3) is 5.19 Å². The van der Waals surface area contributed by atoms with Crippen LogP contribution in [0, 0.1) is 11.7 Å². The summed E-state index contributed by atoms with van der Waals surface area (Å²) in [6.45, 7) is 0. The molecule has 0 aliphatic carbocycles. The lowest BCUT2D eigenvalue weighted by atomic mass is 9.86. The zero-order valence-electron chi connectivity index (χ0n) is 17.3. The summed E-state index contributed by atoms with van der Waals surface area (Å²) < 4.78 is 20.4. The fraction of sp³-hybridized carbons (Fsp3) is 0.417. The van der Waals surface area contributed by atoms with Gasteiger partial charge in [0.05, 0.1) is 4.70 Å². The Bertz CT molecular complexity index is 1070. The molecule has 0 radical (unpaired) electrons. The number of urea groups is 1. The second kappa shape index (κ2) is 8.46. The molecule has 2 bridgehead atoms. The van der Waals surface area contributed by atoms with Crippen LogP contribution in [0.3, 0.4) is 0 Å². The summed E-state index contributed by atoms with van der Waals surface area (Å²) >= 11 is 1.34. The molecule has 3 aromatic rings. The number of primary amides is 1. The molecule has 3 heterocycles. The van der Waals surface area contributed by atoms with E-state index in [1.165, 1.54) is 29.4 Å². The minimum atomic E-state index is -0.327. The van der Waals surface area contributed by atoms with Crippen molar-refractivity contribution in [2.45, 2.75) is 57.0 Å². The molecular formula is C24H26FN3O2S. The highest BCUT2D eigenvalue weighted by Gasteiger charge is 2.42. The predicted molar refractivity (Wildman–Crippen MR) is 120 cm³/mol. The minimum Gasteiger partial charge on any atom is -0.431 e. The second-order valence-corrected chi connectivity index (χ2v) is 9.67. The van der Waals surface area contributed by atoms with Gasteiger partial charge in [-0.15, -0.1) is 0 Å². The van der Waals surface area contributed by atoms with Gasteiger partial charge in [-0.1, -0.05) is 29.5 Å². The molecule has 1 unspecified atom stereocenters. The Morgan fingerprint density at radius 1 is 1.16 bits per heavy atom. The van der Waals surface area contributed by atoms with E-state index in [0.717, 1.165) is 43.2 Å². The SMILES string of the molecule is NC(=O)N1[C@@H]2CC[C@H]1CC(CCCc1ccc(Oc3nc4c(F)cccc4s3)cc1)C2. The normalized spacial score (nSPS) is 22.7. The smallest absolute Gasteiger partial charge is 0.315 e. The molecule has 2 aliphatic rings. The number of ether oxygens (including phenoxy) is 1. The lowest BCUT2D eigenvalue weighted by Gasteiger charge is -2.38. The topological polar surface area (TPSA) is 68.5 Å². The maximum atomic E-state index is 13.8. The number of nitrogens with zero attached hydrogens (tertiary/aromatic N) is 2. The number of fused-ring (bicyclic) bond motifs is 3. The van der Waals surface area contributed by atoms with Crippen molar-refractivity contribution in [1.82, 2.24) is 9.88 Å². The van der Waals surface area contributed by atoms with Crippen molar-refractivity contribution in [2.24, 2.45) is 11.7 Å². The molecule has 2 saturated heterocycles. The average molecular weight is 440 g/mol. The third-order valence-electron chi connectivity index (χ3n) is 6.64. The van der Waals surface area contributed by atoms with Crippen LogP contribution in [0.1, 0.15) is 44.1 Å². The molecule has 7 heteroatoms. The highest BCUT2D eigenvalue weighted by Crippen LogP contribution is 2.40. The van der Waals surface area contributed by atoms with E-state index < -0.39 is 0 Å². The van der Waals surface area contributed by atoms with E-state index in [4.69, 9.17) is 10.5 Å². The van der Waals surface area contributed by atoms with E-state index in [9.17, 15) is 9.18 Å². The van der Waals surface area contributed by atoms with E-state index >= 15 is 0 Å². The molecule has 0 saturated carbocycles. The van der Waals surface area contributed by atoms with Crippen molar-refractivity contribution < 1.29 is 13.9 Å². The maximum absolute atomic E-state index is 13.8. The molecule has 2 aromatic carbocycles. The number of aryl methyl sites for hydroxylation is 1. The molecule has 3 atom stereocenters. The number of nitrogens with two attached hydrogens (primary N) is 1. The van der Waals surface area contributed by atoms with E-state index in [1.54, 1.807) is 6.07 Å². The summed E-state index contributed by atoms with van der Waals surface area (Å²) in [5.41, 5.74) is 7.19. The highest BCUT2D eigenvalue weighted by atomic mass is 32.1. The Hall–Kier alpha value is -2.67. The quantitative estimate of drug-likeness (QED) is 0.522. The van der Waals surface area contributed by atoms with Gasteiger partial charge in [-0.05, 0) is 80.7 Å². The molecule has 2 amide bonds. The van der Waals surface area contributed by atoms with Crippen molar-refractivity contribution in [3.63, 3.8) is 0 Å². The van der Waals surface area contributed by atoms with E-state index in [-0.39, 0.29) is 11.8 Å². The Morgan fingerprint density at radius 3 is 2.58 bits per heavy atom. The van der Waals surface area contributed by atoms with Gasteiger partial charge in [-0.3, -0.25) is 0 Å². The van der Waals surface area contributed by atoms with E-state index in [0.29, 0.717) is 34.5 Å².